The number of carbonyl (C=O) groups is 2. The second-order valence-electron chi connectivity index (χ2n) is 3.97. The maximum Gasteiger partial charge on any atom is 0.362 e. The van der Waals surface area contributed by atoms with Gasteiger partial charge in [-0.3, -0.25) is 0 Å². The van der Waals surface area contributed by atoms with Crippen molar-refractivity contribution in [3.05, 3.63) is 34.7 Å². The molecule has 0 heterocycles. The molecule has 8 nitrogen and oxygen atoms in total. The molecule has 1 aromatic rings. The molecule has 0 aliphatic carbocycles. The quantitative estimate of drug-likeness (QED) is 0.515. The van der Waals surface area contributed by atoms with Crippen LogP contribution in [0.2, 0.25) is 0 Å². The topological polar surface area (TPSA) is 127 Å². The third-order valence-corrected chi connectivity index (χ3v) is 2.45. The Morgan fingerprint density at radius 1 is 1.42 bits per heavy atom. The lowest BCUT2D eigenvalue weighted by molar-refractivity contribution is -0.407. The van der Waals surface area contributed by atoms with E-state index in [2.05, 4.69) is 16.3 Å². The SMILES string of the molecule is CN(N=O)C(=O)Nc1ccc(CC([NH3+])C(=O)O)cc1. The molecule has 0 spiro atoms. The van der Waals surface area contributed by atoms with E-state index in [4.69, 9.17) is 5.11 Å². The van der Waals surface area contributed by atoms with Gasteiger partial charge in [0.1, 0.15) is 0 Å². The van der Waals surface area contributed by atoms with Gasteiger partial charge in [-0.1, -0.05) is 12.1 Å². The van der Waals surface area contributed by atoms with E-state index < -0.39 is 18.0 Å². The van der Waals surface area contributed by atoms with Crippen molar-refractivity contribution in [1.82, 2.24) is 5.01 Å². The molecule has 102 valence electrons. The van der Waals surface area contributed by atoms with Crippen molar-refractivity contribution in [2.24, 2.45) is 5.29 Å². The molecule has 0 aromatic heterocycles. The number of urea groups is 1. The number of hydrogen-bond donors (Lipinski definition) is 3. The van der Waals surface area contributed by atoms with Crippen molar-refractivity contribution in [3.63, 3.8) is 0 Å². The zero-order chi connectivity index (χ0) is 14.4. The van der Waals surface area contributed by atoms with Gasteiger partial charge in [-0.05, 0) is 17.7 Å². The van der Waals surface area contributed by atoms with Crippen molar-refractivity contribution >= 4 is 17.7 Å². The second-order valence-corrected chi connectivity index (χ2v) is 3.97. The fraction of sp³-hybridized carbons (Fsp3) is 0.273. The molecule has 0 fully saturated rings. The lowest BCUT2D eigenvalue weighted by Gasteiger charge is -2.09. The van der Waals surface area contributed by atoms with Crippen LogP contribution in [-0.4, -0.2) is 35.2 Å². The Hall–Kier alpha value is -2.48. The number of nitrogens with zero attached hydrogens (tertiary/aromatic N) is 2. The number of carboxylic acid groups (broad SMARTS) is 1. The Morgan fingerprint density at radius 2 is 2.00 bits per heavy atom. The summed E-state index contributed by atoms with van der Waals surface area (Å²) in [5, 5.41) is 14.3. The summed E-state index contributed by atoms with van der Waals surface area (Å²) in [5.74, 6) is -0.962. The Kier molecular flexibility index (Phi) is 4.95. The van der Waals surface area contributed by atoms with Gasteiger partial charge in [-0.25, -0.2) is 9.59 Å². The van der Waals surface area contributed by atoms with Crippen LogP contribution in [0.3, 0.4) is 0 Å². The van der Waals surface area contributed by atoms with Gasteiger partial charge in [-0.2, -0.15) is 5.01 Å². The zero-order valence-electron chi connectivity index (χ0n) is 10.4. The van der Waals surface area contributed by atoms with Crippen LogP contribution >= 0.6 is 0 Å². The van der Waals surface area contributed by atoms with Crippen molar-refractivity contribution in [2.75, 3.05) is 12.4 Å². The Bertz CT molecular complexity index is 474. The minimum Gasteiger partial charge on any atom is -0.477 e. The highest BCUT2D eigenvalue weighted by molar-refractivity contribution is 5.88. The average Bonchev–Trinajstić information content (AvgIpc) is 2.39. The summed E-state index contributed by atoms with van der Waals surface area (Å²) in [7, 11) is 1.23. The summed E-state index contributed by atoms with van der Waals surface area (Å²) in [4.78, 5) is 32.1. The van der Waals surface area contributed by atoms with E-state index in [1.807, 2.05) is 0 Å². The zero-order valence-corrected chi connectivity index (χ0v) is 10.4. The third kappa shape index (κ3) is 4.36. The Labute approximate surface area is 109 Å². The number of nitroso groups, excluding NO2 is 1. The molecule has 1 aromatic carbocycles. The maximum atomic E-state index is 11.3. The molecule has 1 unspecified atom stereocenters. The standard InChI is InChI=1S/C11H14N4O4/c1-15(14-19)11(18)13-8-4-2-7(3-5-8)6-9(12)10(16)17/h2-5,9H,6,12H2,1H3,(H,13,18)(H,16,17)/p+1. The van der Waals surface area contributed by atoms with E-state index in [1.54, 1.807) is 24.3 Å². The number of benzene rings is 1. The van der Waals surface area contributed by atoms with Crippen LogP contribution in [-0.2, 0) is 11.2 Å². The first-order valence-electron chi connectivity index (χ1n) is 5.47. The van der Waals surface area contributed by atoms with Crippen molar-refractivity contribution in [1.29, 1.82) is 0 Å². The summed E-state index contributed by atoms with van der Waals surface area (Å²) in [6, 6.07) is 5.23. The van der Waals surface area contributed by atoms with Gasteiger partial charge in [-0.15, -0.1) is 4.91 Å². The monoisotopic (exact) mass is 267 g/mol. The summed E-state index contributed by atoms with van der Waals surface area (Å²) < 4.78 is 0. The molecular weight excluding hydrogens is 252 g/mol. The molecule has 5 N–H and O–H groups in total. The highest BCUT2D eigenvalue weighted by Gasteiger charge is 2.16. The van der Waals surface area contributed by atoms with Crippen molar-refractivity contribution in [3.8, 4) is 0 Å². The minimum atomic E-state index is -0.962. The first-order valence-corrected chi connectivity index (χ1v) is 5.47. The molecule has 2 amide bonds. The van der Waals surface area contributed by atoms with Crippen LogP contribution < -0.4 is 11.1 Å². The number of hydrogen-bond acceptors (Lipinski definition) is 4. The van der Waals surface area contributed by atoms with Gasteiger partial charge in [0.2, 0.25) is 0 Å². The van der Waals surface area contributed by atoms with E-state index in [0.717, 1.165) is 5.56 Å². The first-order chi connectivity index (χ1) is 8.93. The van der Waals surface area contributed by atoms with Crippen LogP contribution in [0.25, 0.3) is 0 Å². The summed E-state index contributed by atoms with van der Waals surface area (Å²) in [5.41, 5.74) is 4.79. The lowest BCUT2D eigenvalue weighted by Crippen LogP contribution is -2.65. The van der Waals surface area contributed by atoms with E-state index in [1.165, 1.54) is 7.05 Å². The van der Waals surface area contributed by atoms with Gasteiger partial charge < -0.3 is 16.2 Å². The molecule has 8 heteroatoms. The van der Waals surface area contributed by atoms with Crippen LogP contribution in [0.4, 0.5) is 10.5 Å². The maximum absolute atomic E-state index is 11.3. The second kappa shape index (κ2) is 6.45. The molecule has 1 atom stereocenters. The van der Waals surface area contributed by atoms with Gasteiger partial charge in [0.15, 0.2) is 6.04 Å². The fourth-order valence-electron chi connectivity index (χ4n) is 1.34. The van der Waals surface area contributed by atoms with Crippen LogP contribution in [0.1, 0.15) is 5.56 Å². The number of amides is 2. The third-order valence-electron chi connectivity index (χ3n) is 2.45. The minimum absolute atomic E-state index is 0.305. The number of anilines is 1. The highest BCUT2D eigenvalue weighted by atomic mass is 16.4. The number of carboxylic acids is 1. The predicted molar refractivity (Wildman–Crippen MR) is 67.0 cm³/mol. The largest absolute Gasteiger partial charge is 0.477 e. The lowest BCUT2D eigenvalue weighted by atomic mass is 10.1. The summed E-state index contributed by atoms with van der Waals surface area (Å²) >= 11 is 0. The normalized spacial score (nSPS) is 11.5. The van der Waals surface area contributed by atoms with Crippen LogP contribution in [0, 0.1) is 4.91 Å². The number of quaternary nitrogens is 1. The van der Waals surface area contributed by atoms with Gasteiger partial charge in [0.05, 0.1) is 5.29 Å². The van der Waals surface area contributed by atoms with E-state index in [-0.39, 0.29) is 0 Å². The highest BCUT2D eigenvalue weighted by Crippen LogP contribution is 2.11. The van der Waals surface area contributed by atoms with Gasteiger partial charge in [0.25, 0.3) is 0 Å². The molecule has 0 aliphatic rings. The van der Waals surface area contributed by atoms with Crippen LogP contribution in [0.15, 0.2) is 29.6 Å². The molecular formula is C11H15N4O4+. The molecule has 0 saturated carbocycles. The molecule has 0 bridgehead atoms. The van der Waals surface area contributed by atoms with E-state index in [0.29, 0.717) is 17.1 Å². The Balaban J connectivity index is 2.64. The molecule has 1 rings (SSSR count). The van der Waals surface area contributed by atoms with E-state index >= 15 is 0 Å². The summed E-state index contributed by atoms with van der Waals surface area (Å²) in [6.07, 6.45) is 0.305. The van der Waals surface area contributed by atoms with Crippen molar-refractivity contribution < 1.29 is 20.4 Å². The predicted octanol–water partition coefficient (Wildman–Crippen LogP) is 0.0693. The molecule has 19 heavy (non-hydrogen) atoms. The fourth-order valence-corrected chi connectivity index (χ4v) is 1.34. The molecule has 0 saturated heterocycles. The Morgan fingerprint density at radius 3 is 2.47 bits per heavy atom. The van der Waals surface area contributed by atoms with Crippen molar-refractivity contribution in [2.45, 2.75) is 12.5 Å². The van der Waals surface area contributed by atoms with Gasteiger partial charge >= 0.3 is 12.0 Å². The van der Waals surface area contributed by atoms with Crippen LogP contribution in [0.5, 0.6) is 0 Å². The smallest absolute Gasteiger partial charge is 0.362 e. The first kappa shape index (κ1) is 14.6. The number of aliphatic carboxylic acids is 1. The number of rotatable bonds is 5. The summed E-state index contributed by atoms with van der Waals surface area (Å²) in [6.45, 7) is 0. The molecule has 0 radical (unpaired) electrons. The number of carbonyl (C=O) groups excluding carboxylic acids is 1. The van der Waals surface area contributed by atoms with Gasteiger partial charge in [0, 0.05) is 19.2 Å². The van der Waals surface area contributed by atoms with E-state index in [9.17, 15) is 14.5 Å². The number of nitrogens with one attached hydrogen (secondary N) is 1. The molecule has 0 aliphatic heterocycles. The average molecular weight is 267 g/mol.